The summed E-state index contributed by atoms with van der Waals surface area (Å²) in [5.41, 5.74) is 4.05. The molecule has 0 radical (unpaired) electrons. The molecule has 0 saturated carbocycles. The van der Waals surface area contributed by atoms with E-state index < -0.39 is 23.7 Å². The first-order valence-electron chi connectivity index (χ1n) is 6.85. The number of nitrogens with zero attached hydrogens (tertiary/aromatic N) is 3. The molecule has 0 bridgehead atoms. The van der Waals surface area contributed by atoms with Crippen molar-refractivity contribution in [3.05, 3.63) is 17.7 Å². The van der Waals surface area contributed by atoms with Gasteiger partial charge >= 0.3 is 6.18 Å². The maximum Gasteiger partial charge on any atom is 0.434 e. The largest absolute Gasteiger partial charge is 0.434 e. The van der Waals surface area contributed by atoms with Gasteiger partial charge in [-0.3, -0.25) is 9.59 Å². The lowest BCUT2D eigenvalue weighted by atomic mass is 9.97. The molecule has 1 saturated heterocycles. The molecule has 22 heavy (non-hydrogen) atoms. The van der Waals surface area contributed by atoms with E-state index >= 15 is 0 Å². The second-order valence-corrected chi connectivity index (χ2v) is 5.42. The predicted octanol–water partition coefficient (Wildman–Crippen LogP) is 1.02. The van der Waals surface area contributed by atoms with E-state index in [0.29, 0.717) is 25.2 Å². The van der Waals surface area contributed by atoms with E-state index in [1.165, 1.54) is 16.5 Å². The van der Waals surface area contributed by atoms with E-state index in [1.54, 1.807) is 0 Å². The van der Waals surface area contributed by atoms with Gasteiger partial charge in [-0.2, -0.15) is 13.2 Å². The smallest absolute Gasteiger partial charge is 0.369 e. The Bertz CT molecular complexity index is 582. The van der Waals surface area contributed by atoms with Crippen LogP contribution in [0, 0.1) is 0 Å². The molecule has 1 aromatic heterocycles. The molecule has 1 atom stereocenters. The van der Waals surface area contributed by atoms with Crippen LogP contribution in [0.1, 0.15) is 36.7 Å². The second-order valence-electron chi connectivity index (χ2n) is 5.42. The summed E-state index contributed by atoms with van der Waals surface area (Å²) >= 11 is 0. The molecule has 1 aromatic rings. The summed E-state index contributed by atoms with van der Waals surface area (Å²) in [6.07, 6.45) is -2.65. The molecule has 122 valence electrons. The molecule has 6 nitrogen and oxygen atoms in total. The average Bonchev–Trinajstić information content (AvgIpc) is 2.80. The highest BCUT2D eigenvalue weighted by Crippen LogP contribution is 2.32. The van der Waals surface area contributed by atoms with Crippen LogP contribution in [0.4, 0.5) is 13.2 Å². The number of imidazole rings is 1. The van der Waals surface area contributed by atoms with Gasteiger partial charge in [-0.15, -0.1) is 0 Å². The first-order chi connectivity index (χ1) is 10.2. The fourth-order valence-corrected chi connectivity index (χ4v) is 2.67. The molecule has 2 amide bonds. The van der Waals surface area contributed by atoms with Crippen molar-refractivity contribution in [3.63, 3.8) is 0 Å². The van der Waals surface area contributed by atoms with Crippen LogP contribution in [0.3, 0.4) is 0 Å². The van der Waals surface area contributed by atoms with E-state index in [-0.39, 0.29) is 18.9 Å². The van der Waals surface area contributed by atoms with Crippen molar-refractivity contribution in [1.82, 2.24) is 14.5 Å². The van der Waals surface area contributed by atoms with E-state index in [2.05, 4.69) is 4.98 Å². The van der Waals surface area contributed by atoms with Crippen LogP contribution in [0.15, 0.2) is 6.20 Å². The average molecular weight is 318 g/mol. The van der Waals surface area contributed by atoms with E-state index in [9.17, 15) is 22.8 Å². The summed E-state index contributed by atoms with van der Waals surface area (Å²) in [7, 11) is 1.50. The van der Waals surface area contributed by atoms with Gasteiger partial charge < -0.3 is 15.2 Å². The number of hydrogen-bond acceptors (Lipinski definition) is 3. The normalized spacial score (nSPS) is 19.3. The van der Waals surface area contributed by atoms with Gasteiger partial charge in [-0.05, 0) is 12.8 Å². The molecule has 2 heterocycles. The molecule has 9 heteroatoms. The summed E-state index contributed by atoms with van der Waals surface area (Å²) in [4.78, 5) is 27.8. The van der Waals surface area contributed by atoms with E-state index in [4.69, 9.17) is 5.73 Å². The van der Waals surface area contributed by atoms with Crippen LogP contribution in [0.2, 0.25) is 0 Å². The van der Waals surface area contributed by atoms with Gasteiger partial charge in [-0.25, -0.2) is 4.98 Å². The highest BCUT2D eigenvalue weighted by atomic mass is 19.4. The van der Waals surface area contributed by atoms with Crippen LogP contribution in [-0.2, 0) is 22.8 Å². The van der Waals surface area contributed by atoms with Crippen molar-refractivity contribution >= 4 is 11.8 Å². The fourth-order valence-electron chi connectivity index (χ4n) is 2.67. The summed E-state index contributed by atoms with van der Waals surface area (Å²) in [5, 5.41) is 0. The minimum Gasteiger partial charge on any atom is -0.369 e. The molecule has 2 N–H and O–H groups in total. The van der Waals surface area contributed by atoms with Crippen LogP contribution in [0.5, 0.6) is 0 Å². The minimum atomic E-state index is -4.49. The third-order valence-electron chi connectivity index (χ3n) is 3.67. The van der Waals surface area contributed by atoms with Crippen molar-refractivity contribution < 1.29 is 22.8 Å². The standard InChI is InChI=1S/C13H17F3N4O2/c1-19-7-9(13(14,15)16)18-12(19)8-3-2-4-20(6-8)11(22)5-10(17)21/h7-8H,2-6H2,1H3,(H2,17,21)/t8-/m0/s1. The molecule has 0 aromatic carbocycles. The number of nitrogens with two attached hydrogens (primary N) is 1. The zero-order valence-electron chi connectivity index (χ0n) is 12.1. The predicted molar refractivity (Wildman–Crippen MR) is 70.6 cm³/mol. The number of halogens is 3. The number of primary amides is 1. The van der Waals surface area contributed by atoms with Crippen molar-refractivity contribution in [1.29, 1.82) is 0 Å². The molecule has 0 aliphatic carbocycles. The number of carbonyl (C=O) groups is 2. The lowest BCUT2D eigenvalue weighted by Gasteiger charge is -2.32. The maximum absolute atomic E-state index is 12.7. The molecule has 0 spiro atoms. The number of hydrogen-bond donors (Lipinski definition) is 1. The molecule has 2 rings (SSSR count). The zero-order valence-corrected chi connectivity index (χ0v) is 12.1. The summed E-state index contributed by atoms with van der Waals surface area (Å²) in [6, 6.07) is 0. The van der Waals surface area contributed by atoms with Crippen LogP contribution >= 0.6 is 0 Å². The third kappa shape index (κ3) is 3.58. The highest BCUT2D eigenvalue weighted by Gasteiger charge is 2.36. The molecule has 0 unspecified atom stereocenters. The van der Waals surface area contributed by atoms with Gasteiger partial charge in [0.2, 0.25) is 11.8 Å². The number of rotatable bonds is 3. The topological polar surface area (TPSA) is 81.2 Å². The minimum absolute atomic E-state index is 0.244. The van der Waals surface area contributed by atoms with Gasteiger partial charge in [0.05, 0.1) is 0 Å². The molecular weight excluding hydrogens is 301 g/mol. The van der Waals surface area contributed by atoms with Crippen LogP contribution in [-0.4, -0.2) is 39.4 Å². The Morgan fingerprint density at radius 3 is 2.68 bits per heavy atom. The summed E-state index contributed by atoms with van der Waals surface area (Å²) < 4.78 is 39.5. The Labute approximate surface area is 125 Å². The quantitative estimate of drug-likeness (QED) is 0.845. The van der Waals surface area contributed by atoms with Crippen molar-refractivity contribution in [2.75, 3.05) is 13.1 Å². The highest BCUT2D eigenvalue weighted by molar-refractivity contribution is 5.96. The zero-order chi connectivity index (χ0) is 16.5. The van der Waals surface area contributed by atoms with Gasteiger partial charge in [-0.1, -0.05) is 0 Å². The van der Waals surface area contributed by atoms with Crippen molar-refractivity contribution in [2.24, 2.45) is 12.8 Å². The number of aryl methyl sites for hydroxylation is 1. The fraction of sp³-hybridized carbons (Fsp3) is 0.615. The molecule has 1 aliphatic rings. The number of amides is 2. The lowest BCUT2D eigenvalue weighted by molar-refractivity contribution is -0.141. The van der Waals surface area contributed by atoms with Gasteiger partial charge in [0.1, 0.15) is 12.2 Å². The van der Waals surface area contributed by atoms with E-state index in [0.717, 1.165) is 6.20 Å². The summed E-state index contributed by atoms with van der Waals surface area (Å²) in [6.45, 7) is 0.716. The Hall–Kier alpha value is -2.06. The monoisotopic (exact) mass is 318 g/mol. The second kappa shape index (κ2) is 5.98. The number of carbonyl (C=O) groups excluding carboxylic acids is 2. The van der Waals surface area contributed by atoms with Gasteiger partial charge in [0.15, 0.2) is 5.69 Å². The Morgan fingerprint density at radius 2 is 2.14 bits per heavy atom. The third-order valence-corrected chi connectivity index (χ3v) is 3.67. The molecule has 1 aliphatic heterocycles. The maximum atomic E-state index is 12.7. The van der Waals surface area contributed by atoms with Gasteiger partial charge in [0.25, 0.3) is 0 Å². The van der Waals surface area contributed by atoms with Gasteiger partial charge in [0, 0.05) is 32.3 Å². The number of likely N-dealkylation sites (tertiary alicyclic amines) is 1. The van der Waals surface area contributed by atoms with Crippen LogP contribution in [0.25, 0.3) is 0 Å². The first-order valence-corrected chi connectivity index (χ1v) is 6.85. The van der Waals surface area contributed by atoms with E-state index in [1.807, 2.05) is 0 Å². The Kier molecular flexibility index (Phi) is 4.43. The lowest BCUT2D eigenvalue weighted by Crippen LogP contribution is -2.41. The SMILES string of the molecule is Cn1cc(C(F)(F)F)nc1[C@H]1CCCN(C(=O)CC(N)=O)C1. The summed E-state index contributed by atoms with van der Waals surface area (Å²) in [5.74, 6) is -1.11. The first kappa shape index (κ1) is 16.3. The Morgan fingerprint density at radius 1 is 1.45 bits per heavy atom. The number of piperidine rings is 1. The number of aromatic nitrogens is 2. The molecule has 1 fully saturated rings. The van der Waals surface area contributed by atoms with Crippen molar-refractivity contribution in [3.8, 4) is 0 Å². The number of alkyl halides is 3. The van der Waals surface area contributed by atoms with Crippen LogP contribution < -0.4 is 5.73 Å². The van der Waals surface area contributed by atoms with Crippen molar-refractivity contribution in [2.45, 2.75) is 31.4 Å². The molecular formula is C13H17F3N4O2. The Balaban J connectivity index is 2.14.